The predicted molar refractivity (Wildman–Crippen MR) is 116 cm³/mol. The van der Waals surface area contributed by atoms with E-state index < -0.39 is 6.55 Å². The van der Waals surface area contributed by atoms with Gasteiger partial charge in [0.25, 0.3) is 0 Å². The van der Waals surface area contributed by atoms with E-state index in [2.05, 4.69) is 57.6 Å². The van der Waals surface area contributed by atoms with Gasteiger partial charge in [-0.1, -0.05) is 12.1 Å². The maximum absolute atomic E-state index is 12.8. The molecule has 0 aliphatic carbocycles. The van der Waals surface area contributed by atoms with Crippen molar-refractivity contribution < 1.29 is 8.78 Å². The number of hydrogen-bond acceptors (Lipinski definition) is 3. The number of anilines is 1. The normalized spacial score (nSPS) is 11.3. The van der Waals surface area contributed by atoms with Crippen molar-refractivity contribution in [2.75, 3.05) is 31.6 Å². The number of rotatable bonds is 8. The van der Waals surface area contributed by atoms with Crippen LogP contribution < -0.4 is 15.5 Å². The van der Waals surface area contributed by atoms with E-state index in [4.69, 9.17) is 0 Å². The Kier molecular flexibility index (Phi) is 10.0. The lowest BCUT2D eigenvalue weighted by Crippen LogP contribution is -2.41. The zero-order chi connectivity index (χ0) is 18.9. The third-order valence-electron chi connectivity index (χ3n) is 4.02. The summed E-state index contributed by atoms with van der Waals surface area (Å²) in [4.78, 5) is 10.3. The van der Waals surface area contributed by atoms with Crippen molar-refractivity contribution in [3.63, 3.8) is 0 Å². The number of alkyl halides is 2. The van der Waals surface area contributed by atoms with Gasteiger partial charge < -0.3 is 15.5 Å². The molecule has 1 aromatic carbocycles. The number of nitrogens with one attached hydrogen (secondary N) is 2. The summed E-state index contributed by atoms with van der Waals surface area (Å²) in [6.07, 6.45) is 2.62. The molecule has 0 radical (unpaired) electrons. The lowest BCUT2D eigenvalue weighted by Gasteiger charge is -2.24. The molecule has 0 spiro atoms. The summed E-state index contributed by atoms with van der Waals surface area (Å²) >= 11 is 0. The smallest absolute Gasteiger partial charge is 0.319 e. The molecule has 27 heavy (non-hydrogen) atoms. The molecule has 1 aromatic heterocycles. The summed E-state index contributed by atoms with van der Waals surface area (Å²) in [6, 6.07) is 8.37. The molecular weight excluding hydrogens is 465 g/mol. The van der Waals surface area contributed by atoms with Gasteiger partial charge in [0, 0.05) is 44.8 Å². The first kappa shape index (κ1) is 23.1. The Morgan fingerprint density at radius 2 is 2.11 bits per heavy atom. The van der Waals surface area contributed by atoms with Crippen molar-refractivity contribution >= 4 is 35.6 Å². The van der Waals surface area contributed by atoms with Crippen molar-refractivity contribution in [1.29, 1.82) is 0 Å². The summed E-state index contributed by atoms with van der Waals surface area (Å²) < 4.78 is 26.5. The third-order valence-corrected chi connectivity index (χ3v) is 4.02. The molecule has 2 rings (SSSR count). The van der Waals surface area contributed by atoms with E-state index in [1.54, 1.807) is 7.05 Å². The third kappa shape index (κ3) is 6.96. The molecule has 2 N–H and O–H groups in total. The van der Waals surface area contributed by atoms with Crippen molar-refractivity contribution in [2.45, 2.75) is 26.9 Å². The van der Waals surface area contributed by atoms with Crippen molar-refractivity contribution in [3.8, 4) is 0 Å². The Balaban J connectivity index is 0.00000364. The van der Waals surface area contributed by atoms with E-state index in [9.17, 15) is 8.78 Å². The fourth-order valence-electron chi connectivity index (χ4n) is 2.65. The molecule has 0 aliphatic heterocycles. The van der Waals surface area contributed by atoms with Crippen LogP contribution in [0.1, 0.15) is 24.9 Å². The minimum Gasteiger partial charge on any atom is -0.370 e. The number of halogens is 3. The second-order valence-corrected chi connectivity index (χ2v) is 5.80. The maximum atomic E-state index is 12.8. The van der Waals surface area contributed by atoms with Crippen LogP contribution in [0.4, 0.5) is 14.5 Å². The lowest BCUT2D eigenvalue weighted by molar-refractivity contribution is 0.0668. The summed E-state index contributed by atoms with van der Waals surface area (Å²) in [6.45, 7) is 4.12. The standard InChI is InChI=1S/C18H26F2N6.HI/c1-4-25(15-7-5-6-14(2)12-15)10-8-23-18(21-3)24-13-16-22-9-11-26(16)17(19)20;/h5-7,9,11-12,17H,4,8,10,13H2,1-3H3,(H2,21,23,24);1H. The molecule has 9 heteroatoms. The monoisotopic (exact) mass is 492 g/mol. The van der Waals surface area contributed by atoms with Gasteiger partial charge in [-0.25, -0.2) is 4.98 Å². The molecule has 0 amide bonds. The van der Waals surface area contributed by atoms with Crippen LogP contribution in [0.3, 0.4) is 0 Å². The van der Waals surface area contributed by atoms with E-state index in [0.717, 1.165) is 17.7 Å². The van der Waals surface area contributed by atoms with Gasteiger partial charge in [0.15, 0.2) is 5.96 Å². The van der Waals surface area contributed by atoms with Gasteiger partial charge in [-0.05, 0) is 31.5 Å². The maximum Gasteiger partial charge on any atom is 0.319 e. The molecule has 0 bridgehead atoms. The number of aromatic nitrogens is 2. The average molecular weight is 492 g/mol. The number of guanidine groups is 1. The number of hydrogen-bond donors (Lipinski definition) is 2. The fraction of sp³-hybridized carbons (Fsp3) is 0.444. The highest BCUT2D eigenvalue weighted by Crippen LogP contribution is 2.15. The zero-order valence-corrected chi connectivity index (χ0v) is 18.2. The second-order valence-electron chi connectivity index (χ2n) is 5.80. The summed E-state index contributed by atoms with van der Waals surface area (Å²) in [7, 11) is 1.65. The largest absolute Gasteiger partial charge is 0.370 e. The van der Waals surface area contributed by atoms with Crippen LogP contribution in [-0.4, -0.2) is 42.2 Å². The van der Waals surface area contributed by atoms with Crippen LogP contribution in [-0.2, 0) is 6.54 Å². The highest BCUT2D eigenvalue weighted by atomic mass is 127. The minimum atomic E-state index is -2.60. The van der Waals surface area contributed by atoms with Gasteiger partial charge in [-0.2, -0.15) is 8.78 Å². The first-order chi connectivity index (χ1) is 12.5. The molecule has 0 aliphatic rings. The molecule has 0 atom stereocenters. The molecule has 0 saturated carbocycles. The van der Waals surface area contributed by atoms with Crippen molar-refractivity contribution in [3.05, 3.63) is 48.0 Å². The van der Waals surface area contributed by atoms with Gasteiger partial charge in [0.1, 0.15) is 5.82 Å². The predicted octanol–water partition coefficient (Wildman–Crippen LogP) is 3.40. The molecule has 0 unspecified atom stereocenters. The topological polar surface area (TPSA) is 57.5 Å². The Morgan fingerprint density at radius 3 is 2.74 bits per heavy atom. The van der Waals surface area contributed by atoms with Crippen molar-refractivity contribution in [1.82, 2.24) is 20.2 Å². The Morgan fingerprint density at radius 1 is 1.33 bits per heavy atom. The van der Waals surface area contributed by atoms with Gasteiger partial charge in [0.2, 0.25) is 0 Å². The molecule has 150 valence electrons. The van der Waals surface area contributed by atoms with Crippen LogP contribution in [0.2, 0.25) is 0 Å². The molecule has 0 saturated heterocycles. The summed E-state index contributed by atoms with van der Waals surface area (Å²) in [5, 5.41) is 6.21. The van der Waals surface area contributed by atoms with Crippen LogP contribution in [0.15, 0.2) is 41.7 Å². The number of imidazole rings is 1. The van der Waals surface area contributed by atoms with Crippen molar-refractivity contribution in [2.24, 2.45) is 4.99 Å². The molecule has 0 fully saturated rings. The number of benzene rings is 1. The van der Waals surface area contributed by atoms with E-state index >= 15 is 0 Å². The van der Waals surface area contributed by atoms with Crippen LogP contribution in [0.25, 0.3) is 0 Å². The lowest BCUT2D eigenvalue weighted by atomic mass is 10.2. The van der Waals surface area contributed by atoms with Gasteiger partial charge in [-0.3, -0.25) is 9.56 Å². The highest BCUT2D eigenvalue weighted by molar-refractivity contribution is 14.0. The van der Waals surface area contributed by atoms with E-state index in [0.29, 0.717) is 12.5 Å². The van der Waals surface area contributed by atoms with Crippen LogP contribution in [0, 0.1) is 6.92 Å². The van der Waals surface area contributed by atoms with Crippen LogP contribution >= 0.6 is 24.0 Å². The number of nitrogens with zero attached hydrogens (tertiary/aromatic N) is 4. The molecular formula is C18H27F2IN6. The SMILES string of the molecule is CCN(CCNC(=NC)NCc1nccn1C(F)F)c1cccc(C)c1.I. The van der Waals surface area contributed by atoms with Gasteiger partial charge >= 0.3 is 6.55 Å². The summed E-state index contributed by atoms with van der Waals surface area (Å²) in [5.74, 6) is 0.812. The van der Waals surface area contributed by atoms with Gasteiger partial charge in [-0.15, -0.1) is 24.0 Å². The Bertz CT molecular complexity index is 719. The highest BCUT2D eigenvalue weighted by Gasteiger charge is 2.11. The number of likely N-dealkylation sites (N-methyl/N-ethyl adjacent to an activating group) is 1. The fourth-order valence-corrected chi connectivity index (χ4v) is 2.65. The average Bonchev–Trinajstić information content (AvgIpc) is 3.10. The quantitative estimate of drug-likeness (QED) is 0.337. The van der Waals surface area contributed by atoms with E-state index in [1.165, 1.54) is 23.6 Å². The first-order valence-corrected chi connectivity index (χ1v) is 8.61. The number of aryl methyl sites for hydroxylation is 1. The van der Waals surface area contributed by atoms with E-state index in [1.807, 2.05) is 6.07 Å². The van der Waals surface area contributed by atoms with Crippen LogP contribution in [0.5, 0.6) is 0 Å². The molecule has 2 aromatic rings. The molecule has 1 heterocycles. The molecule has 6 nitrogen and oxygen atoms in total. The van der Waals surface area contributed by atoms with E-state index in [-0.39, 0.29) is 36.3 Å². The Hall–Kier alpha value is -1.91. The summed E-state index contributed by atoms with van der Waals surface area (Å²) in [5.41, 5.74) is 2.40. The first-order valence-electron chi connectivity index (χ1n) is 8.61. The van der Waals surface area contributed by atoms with Gasteiger partial charge in [0.05, 0.1) is 6.54 Å². The number of aliphatic imine (C=N–C) groups is 1. The Labute approximate surface area is 176 Å². The minimum absolute atomic E-state index is 0. The second kappa shape index (κ2) is 11.7. The zero-order valence-electron chi connectivity index (χ0n) is 15.8.